The standard InChI is InChI=1S/C33H22N2S/c1-4-10-30-27(7-1)28-8-2-5-11-31(28)35(30)26-21-17-24(18-22-26)14-13-23-15-19-25(20-16-23)33-34-29-9-3-6-12-32(29)36-33/h1-22H/b14-13+. The first kappa shape index (κ1) is 20.9. The van der Waals surface area contributed by atoms with Gasteiger partial charge in [0.15, 0.2) is 0 Å². The van der Waals surface area contributed by atoms with Gasteiger partial charge in [0.05, 0.1) is 21.3 Å². The smallest absolute Gasteiger partial charge is 0.124 e. The maximum atomic E-state index is 4.77. The average Bonchev–Trinajstić information content (AvgIpc) is 3.52. The molecule has 0 saturated carbocycles. The normalized spacial score (nSPS) is 11.8. The molecular formula is C33H22N2S. The summed E-state index contributed by atoms with van der Waals surface area (Å²) in [6, 6.07) is 42.9. The number of benzene rings is 5. The van der Waals surface area contributed by atoms with E-state index in [0.717, 1.165) is 16.1 Å². The Kier molecular flexibility index (Phi) is 5.00. The van der Waals surface area contributed by atoms with Crippen molar-refractivity contribution in [3.63, 3.8) is 0 Å². The average molecular weight is 479 g/mol. The predicted octanol–water partition coefficient (Wildman–Crippen LogP) is 9.23. The van der Waals surface area contributed by atoms with Crippen LogP contribution in [0.1, 0.15) is 11.1 Å². The van der Waals surface area contributed by atoms with Gasteiger partial charge in [0.1, 0.15) is 5.01 Å². The summed E-state index contributed by atoms with van der Waals surface area (Å²) in [5, 5.41) is 3.63. The predicted molar refractivity (Wildman–Crippen MR) is 155 cm³/mol. The van der Waals surface area contributed by atoms with E-state index in [0.29, 0.717) is 0 Å². The monoisotopic (exact) mass is 478 g/mol. The van der Waals surface area contributed by atoms with Crippen molar-refractivity contribution in [2.45, 2.75) is 0 Å². The highest BCUT2D eigenvalue weighted by atomic mass is 32.1. The third-order valence-electron chi connectivity index (χ3n) is 6.65. The van der Waals surface area contributed by atoms with Gasteiger partial charge in [0.25, 0.3) is 0 Å². The van der Waals surface area contributed by atoms with Gasteiger partial charge < -0.3 is 4.57 Å². The lowest BCUT2D eigenvalue weighted by molar-refractivity contribution is 1.18. The summed E-state index contributed by atoms with van der Waals surface area (Å²) in [6.07, 6.45) is 4.33. The van der Waals surface area contributed by atoms with Crippen LogP contribution in [0.4, 0.5) is 0 Å². The summed E-state index contributed by atoms with van der Waals surface area (Å²) in [7, 11) is 0. The van der Waals surface area contributed by atoms with Crippen LogP contribution in [0.5, 0.6) is 0 Å². The molecule has 0 N–H and O–H groups in total. The van der Waals surface area contributed by atoms with Crippen LogP contribution in [0.3, 0.4) is 0 Å². The van der Waals surface area contributed by atoms with Crippen molar-refractivity contribution >= 4 is 55.5 Å². The summed E-state index contributed by atoms with van der Waals surface area (Å²) in [5.74, 6) is 0. The minimum Gasteiger partial charge on any atom is -0.309 e. The van der Waals surface area contributed by atoms with Crippen molar-refractivity contribution in [1.29, 1.82) is 0 Å². The minimum absolute atomic E-state index is 1.06. The molecule has 0 aliphatic heterocycles. The first-order chi connectivity index (χ1) is 17.8. The number of nitrogens with zero attached hydrogens (tertiary/aromatic N) is 2. The van der Waals surface area contributed by atoms with E-state index in [2.05, 4.69) is 132 Å². The molecule has 36 heavy (non-hydrogen) atoms. The van der Waals surface area contributed by atoms with Gasteiger partial charge in [-0.15, -0.1) is 11.3 Å². The van der Waals surface area contributed by atoms with Gasteiger partial charge in [-0.3, -0.25) is 0 Å². The molecule has 2 heterocycles. The zero-order valence-corrected chi connectivity index (χ0v) is 20.3. The fourth-order valence-corrected chi connectivity index (χ4v) is 5.83. The number of rotatable bonds is 4. The summed E-state index contributed by atoms with van der Waals surface area (Å²) >= 11 is 1.74. The lowest BCUT2D eigenvalue weighted by Gasteiger charge is -2.08. The van der Waals surface area contributed by atoms with Crippen molar-refractivity contribution in [3.05, 3.63) is 132 Å². The van der Waals surface area contributed by atoms with Gasteiger partial charge in [0.2, 0.25) is 0 Å². The number of aromatic nitrogens is 2. The van der Waals surface area contributed by atoms with Crippen LogP contribution in [-0.2, 0) is 0 Å². The molecule has 7 rings (SSSR count). The molecule has 2 aromatic heterocycles. The molecule has 0 aliphatic carbocycles. The van der Waals surface area contributed by atoms with Crippen molar-refractivity contribution in [3.8, 4) is 16.3 Å². The molecule has 2 nitrogen and oxygen atoms in total. The number of thiazole rings is 1. The van der Waals surface area contributed by atoms with E-state index in [1.165, 1.54) is 43.3 Å². The second-order valence-electron chi connectivity index (χ2n) is 8.90. The van der Waals surface area contributed by atoms with Crippen molar-refractivity contribution in [1.82, 2.24) is 9.55 Å². The maximum absolute atomic E-state index is 4.77. The SMILES string of the molecule is C(=C\c1ccc(-n2c3ccccc3c3ccccc32)cc1)/c1ccc(-c2nc3ccccc3s2)cc1. The topological polar surface area (TPSA) is 17.8 Å². The van der Waals surface area contributed by atoms with E-state index in [9.17, 15) is 0 Å². The number of hydrogen-bond acceptors (Lipinski definition) is 2. The largest absolute Gasteiger partial charge is 0.309 e. The molecule has 0 atom stereocenters. The van der Waals surface area contributed by atoms with Gasteiger partial charge in [-0.05, 0) is 47.5 Å². The van der Waals surface area contributed by atoms with Gasteiger partial charge in [-0.1, -0.05) is 97.1 Å². The Morgan fingerprint density at radius 1 is 0.556 bits per heavy atom. The lowest BCUT2D eigenvalue weighted by Crippen LogP contribution is -1.93. The van der Waals surface area contributed by atoms with Gasteiger partial charge >= 0.3 is 0 Å². The Labute approximate surface area is 213 Å². The Morgan fingerprint density at radius 2 is 1.11 bits per heavy atom. The third kappa shape index (κ3) is 3.62. The number of hydrogen-bond donors (Lipinski definition) is 0. The number of para-hydroxylation sites is 3. The van der Waals surface area contributed by atoms with Crippen molar-refractivity contribution in [2.75, 3.05) is 0 Å². The van der Waals surface area contributed by atoms with E-state index < -0.39 is 0 Å². The van der Waals surface area contributed by atoms with Crippen molar-refractivity contribution < 1.29 is 0 Å². The van der Waals surface area contributed by atoms with Crippen LogP contribution in [0.2, 0.25) is 0 Å². The molecule has 0 bridgehead atoms. The van der Waals surface area contributed by atoms with Crippen molar-refractivity contribution in [2.24, 2.45) is 0 Å². The molecule has 0 spiro atoms. The molecule has 0 radical (unpaired) electrons. The van der Waals surface area contributed by atoms with Crippen LogP contribution in [0.15, 0.2) is 121 Å². The second kappa shape index (κ2) is 8.63. The molecule has 0 aliphatic rings. The van der Waals surface area contributed by atoms with Crippen LogP contribution in [-0.4, -0.2) is 9.55 Å². The molecule has 0 unspecified atom stereocenters. The van der Waals surface area contributed by atoms with Crippen LogP contribution in [0, 0.1) is 0 Å². The first-order valence-electron chi connectivity index (χ1n) is 12.1. The zero-order valence-electron chi connectivity index (χ0n) is 19.5. The molecule has 0 fully saturated rings. The van der Waals surface area contributed by atoms with Crippen LogP contribution >= 0.6 is 11.3 Å². The highest BCUT2D eigenvalue weighted by Crippen LogP contribution is 2.32. The molecule has 5 aromatic carbocycles. The minimum atomic E-state index is 1.06. The first-order valence-corrected chi connectivity index (χ1v) is 12.9. The quantitative estimate of drug-likeness (QED) is 0.231. The van der Waals surface area contributed by atoms with E-state index >= 15 is 0 Å². The number of fused-ring (bicyclic) bond motifs is 4. The molecule has 170 valence electrons. The van der Waals surface area contributed by atoms with Gasteiger partial charge in [-0.2, -0.15) is 0 Å². The fraction of sp³-hybridized carbons (Fsp3) is 0. The highest BCUT2D eigenvalue weighted by Gasteiger charge is 2.11. The molecule has 7 aromatic rings. The summed E-state index contributed by atoms with van der Waals surface area (Å²) in [5.41, 5.74) is 8.20. The Bertz CT molecular complexity index is 1780. The third-order valence-corrected chi connectivity index (χ3v) is 7.74. The second-order valence-corrected chi connectivity index (χ2v) is 9.93. The zero-order chi connectivity index (χ0) is 23.9. The summed E-state index contributed by atoms with van der Waals surface area (Å²) in [4.78, 5) is 4.77. The summed E-state index contributed by atoms with van der Waals surface area (Å²) < 4.78 is 3.57. The van der Waals surface area contributed by atoms with Gasteiger partial charge in [-0.25, -0.2) is 4.98 Å². The van der Waals surface area contributed by atoms with Crippen LogP contribution < -0.4 is 0 Å². The Hall–Kier alpha value is -4.47. The van der Waals surface area contributed by atoms with E-state index in [-0.39, 0.29) is 0 Å². The molecule has 3 heteroatoms. The molecule has 0 saturated heterocycles. The van der Waals surface area contributed by atoms with Gasteiger partial charge in [0, 0.05) is 22.0 Å². The maximum Gasteiger partial charge on any atom is 0.124 e. The summed E-state index contributed by atoms with van der Waals surface area (Å²) in [6.45, 7) is 0. The lowest BCUT2D eigenvalue weighted by atomic mass is 10.1. The molecule has 0 amide bonds. The van der Waals surface area contributed by atoms with E-state index in [1.54, 1.807) is 11.3 Å². The Balaban J connectivity index is 1.15. The van der Waals surface area contributed by atoms with Crippen LogP contribution in [0.25, 0.3) is 60.4 Å². The fourth-order valence-electron chi connectivity index (χ4n) is 4.86. The van der Waals surface area contributed by atoms with E-state index in [1.807, 2.05) is 6.07 Å². The molecular weight excluding hydrogens is 456 g/mol. The van der Waals surface area contributed by atoms with E-state index in [4.69, 9.17) is 4.98 Å². The Morgan fingerprint density at radius 3 is 1.75 bits per heavy atom. The highest BCUT2D eigenvalue weighted by molar-refractivity contribution is 7.21.